The number of esters is 1. The molecule has 1 atom stereocenters. The highest BCUT2D eigenvalue weighted by atomic mass is 16.5. The Bertz CT molecular complexity index is 579. The van der Waals surface area contributed by atoms with Crippen molar-refractivity contribution in [3.05, 3.63) is 29.3 Å². The first-order valence-corrected chi connectivity index (χ1v) is 8.65. The molecule has 24 heavy (non-hydrogen) atoms. The second-order valence-corrected chi connectivity index (χ2v) is 6.49. The second kappa shape index (κ2) is 8.71. The average Bonchev–Trinajstić information content (AvgIpc) is 3.03. The molecule has 1 aliphatic rings. The standard InChI is InChI=1S/C19H27NO4/c1-13-8-9-14(2)17(12-13)23-11-10-18(21)24-15(3)19(22)20-16-6-4-5-7-16/h8-9,12,15-16H,4-7,10-11H2,1-3H3,(H,20,22)/t15-/m1/s1. The van der Waals surface area contributed by atoms with E-state index >= 15 is 0 Å². The molecule has 0 aliphatic heterocycles. The van der Waals surface area contributed by atoms with Crippen LogP contribution < -0.4 is 10.1 Å². The molecular formula is C19H27NO4. The molecule has 132 valence electrons. The zero-order chi connectivity index (χ0) is 17.5. The number of carbonyl (C=O) groups is 2. The van der Waals surface area contributed by atoms with E-state index in [0.717, 1.165) is 42.6 Å². The summed E-state index contributed by atoms with van der Waals surface area (Å²) < 4.78 is 10.8. The molecule has 1 aromatic carbocycles. The molecule has 1 saturated carbocycles. The summed E-state index contributed by atoms with van der Waals surface area (Å²) in [5, 5.41) is 2.93. The largest absolute Gasteiger partial charge is 0.493 e. The van der Waals surface area contributed by atoms with Gasteiger partial charge < -0.3 is 14.8 Å². The van der Waals surface area contributed by atoms with E-state index in [0.29, 0.717) is 0 Å². The molecule has 1 amide bonds. The summed E-state index contributed by atoms with van der Waals surface area (Å²) in [4.78, 5) is 23.8. The molecule has 0 aromatic heterocycles. The Hall–Kier alpha value is -2.04. The Morgan fingerprint density at radius 2 is 1.96 bits per heavy atom. The first kappa shape index (κ1) is 18.3. The van der Waals surface area contributed by atoms with Gasteiger partial charge in [-0.05, 0) is 50.8 Å². The number of nitrogens with one attached hydrogen (secondary N) is 1. The topological polar surface area (TPSA) is 64.6 Å². The third-order valence-electron chi connectivity index (χ3n) is 4.29. The van der Waals surface area contributed by atoms with E-state index in [-0.39, 0.29) is 25.0 Å². The molecule has 0 unspecified atom stereocenters. The molecule has 1 aromatic rings. The molecule has 0 heterocycles. The first-order valence-electron chi connectivity index (χ1n) is 8.65. The highest BCUT2D eigenvalue weighted by molar-refractivity contribution is 5.83. The van der Waals surface area contributed by atoms with Crippen LogP contribution in [0.5, 0.6) is 5.75 Å². The lowest BCUT2D eigenvalue weighted by Gasteiger charge is -2.17. The fourth-order valence-electron chi connectivity index (χ4n) is 2.81. The van der Waals surface area contributed by atoms with Crippen LogP contribution in [0.15, 0.2) is 18.2 Å². The third kappa shape index (κ3) is 5.55. The fourth-order valence-corrected chi connectivity index (χ4v) is 2.81. The van der Waals surface area contributed by atoms with E-state index < -0.39 is 12.1 Å². The third-order valence-corrected chi connectivity index (χ3v) is 4.29. The molecule has 5 heteroatoms. The van der Waals surface area contributed by atoms with Gasteiger partial charge in [0.15, 0.2) is 6.10 Å². The van der Waals surface area contributed by atoms with E-state index in [1.54, 1.807) is 6.92 Å². The van der Waals surface area contributed by atoms with Crippen molar-refractivity contribution in [3.63, 3.8) is 0 Å². The zero-order valence-corrected chi connectivity index (χ0v) is 14.8. The highest BCUT2D eigenvalue weighted by Gasteiger charge is 2.22. The SMILES string of the molecule is Cc1ccc(C)c(OCCC(=O)O[C@H](C)C(=O)NC2CCCC2)c1. The number of ether oxygens (including phenoxy) is 2. The van der Waals surface area contributed by atoms with Crippen molar-refractivity contribution in [1.82, 2.24) is 5.32 Å². The van der Waals surface area contributed by atoms with Crippen molar-refractivity contribution in [2.45, 2.75) is 65.0 Å². The molecule has 0 bridgehead atoms. The van der Waals surface area contributed by atoms with Crippen LogP contribution in [0.4, 0.5) is 0 Å². The summed E-state index contributed by atoms with van der Waals surface area (Å²) in [5.41, 5.74) is 2.13. The van der Waals surface area contributed by atoms with Crippen molar-refractivity contribution < 1.29 is 19.1 Å². The zero-order valence-electron chi connectivity index (χ0n) is 14.8. The predicted molar refractivity (Wildman–Crippen MR) is 92.0 cm³/mol. The van der Waals surface area contributed by atoms with E-state index in [2.05, 4.69) is 5.32 Å². The van der Waals surface area contributed by atoms with Gasteiger partial charge in [-0.2, -0.15) is 0 Å². The predicted octanol–water partition coefficient (Wildman–Crippen LogP) is 3.06. The van der Waals surface area contributed by atoms with Crippen molar-refractivity contribution in [1.29, 1.82) is 0 Å². The summed E-state index contributed by atoms with van der Waals surface area (Å²) in [6.45, 7) is 5.79. The van der Waals surface area contributed by atoms with Gasteiger partial charge in [0.25, 0.3) is 5.91 Å². The smallest absolute Gasteiger partial charge is 0.310 e. The van der Waals surface area contributed by atoms with Crippen molar-refractivity contribution in [2.75, 3.05) is 6.61 Å². The van der Waals surface area contributed by atoms with E-state index in [1.165, 1.54) is 0 Å². The number of benzene rings is 1. The van der Waals surface area contributed by atoms with Gasteiger partial charge in [0.2, 0.25) is 0 Å². The van der Waals surface area contributed by atoms with Gasteiger partial charge in [0.05, 0.1) is 13.0 Å². The van der Waals surface area contributed by atoms with Crippen LogP contribution in [0.2, 0.25) is 0 Å². The molecule has 2 rings (SSSR count). The van der Waals surface area contributed by atoms with Crippen molar-refractivity contribution in [3.8, 4) is 5.75 Å². The summed E-state index contributed by atoms with van der Waals surface area (Å²) in [6.07, 6.45) is 3.67. The lowest BCUT2D eigenvalue weighted by atomic mass is 10.1. The Morgan fingerprint density at radius 3 is 2.67 bits per heavy atom. The number of hydrogen-bond acceptors (Lipinski definition) is 4. The Balaban J connectivity index is 1.70. The van der Waals surface area contributed by atoms with Gasteiger partial charge in [-0.15, -0.1) is 0 Å². The molecule has 0 radical (unpaired) electrons. The van der Waals surface area contributed by atoms with E-state index in [1.807, 2.05) is 32.0 Å². The average molecular weight is 333 g/mol. The van der Waals surface area contributed by atoms with Crippen LogP contribution >= 0.6 is 0 Å². The number of hydrogen-bond donors (Lipinski definition) is 1. The minimum absolute atomic E-state index is 0.119. The fraction of sp³-hybridized carbons (Fsp3) is 0.579. The molecule has 0 spiro atoms. The van der Waals surface area contributed by atoms with E-state index in [9.17, 15) is 9.59 Å². The van der Waals surface area contributed by atoms with Crippen LogP contribution in [-0.2, 0) is 14.3 Å². The number of carbonyl (C=O) groups excluding carboxylic acids is 2. The van der Waals surface area contributed by atoms with Crippen LogP contribution in [-0.4, -0.2) is 30.6 Å². The van der Waals surface area contributed by atoms with Crippen molar-refractivity contribution in [2.24, 2.45) is 0 Å². The first-order chi connectivity index (χ1) is 11.5. The Morgan fingerprint density at radius 1 is 1.25 bits per heavy atom. The summed E-state index contributed by atoms with van der Waals surface area (Å²) in [6, 6.07) is 6.17. The number of aryl methyl sites for hydroxylation is 2. The summed E-state index contributed by atoms with van der Waals surface area (Å²) in [7, 11) is 0. The lowest BCUT2D eigenvalue weighted by Crippen LogP contribution is -2.41. The molecule has 0 saturated heterocycles. The minimum atomic E-state index is -0.765. The van der Waals surface area contributed by atoms with Crippen molar-refractivity contribution >= 4 is 11.9 Å². The molecule has 1 fully saturated rings. The quantitative estimate of drug-likeness (QED) is 0.779. The van der Waals surface area contributed by atoms with Gasteiger partial charge in [0.1, 0.15) is 5.75 Å². The van der Waals surface area contributed by atoms with Crippen LogP contribution in [0.3, 0.4) is 0 Å². The molecule has 1 aliphatic carbocycles. The minimum Gasteiger partial charge on any atom is -0.493 e. The molecular weight excluding hydrogens is 306 g/mol. The summed E-state index contributed by atoms with van der Waals surface area (Å²) in [5.74, 6) is 0.134. The molecule has 5 nitrogen and oxygen atoms in total. The van der Waals surface area contributed by atoms with Crippen LogP contribution in [0.1, 0.15) is 50.2 Å². The van der Waals surface area contributed by atoms with Gasteiger partial charge in [-0.1, -0.05) is 25.0 Å². The van der Waals surface area contributed by atoms with Gasteiger partial charge >= 0.3 is 5.97 Å². The maximum absolute atomic E-state index is 12.0. The lowest BCUT2D eigenvalue weighted by molar-refractivity contribution is -0.155. The van der Waals surface area contributed by atoms with Gasteiger partial charge in [-0.25, -0.2) is 0 Å². The van der Waals surface area contributed by atoms with E-state index in [4.69, 9.17) is 9.47 Å². The Kier molecular flexibility index (Phi) is 6.64. The maximum Gasteiger partial charge on any atom is 0.310 e. The summed E-state index contributed by atoms with van der Waals surface area (Å²) >= 11 is 0. The monoisotopic (exact) mass is 333 g/mol. The van der Waals surface area contributed by atoms with Gasteiger partial charge in [-0.3, -0.25) is 9.59 Å². The normalized spacial score (nSPS) is 15.8. The number of amides is 1. The Labute approximate surface area is 143 Å². The van der Waals surface area contributed by atoms with Crippen LogP contribution in [0.25, 0.3) is 0 Å². The molecule has 1 N–H and O–H groups in total. The maximum atomic E-state index is 12.0. The van der Waals surface area contributed by atoms with Crippen LogP contribution in [0, 0.1) is 13.8 Å². The highest BCUT2D eigenvalue weighted by Crippen LogP contribution is 2.19. The van der Waals surface area contributed by atoms with Gasteiger partial charge in [0, 0.05) is 6.04 Å². The number of rotatable bonds is 7. The second-order valence-electron chi connectivity index (χ2n) is 6.49.